The first-order chi connectivity index (χ1) is 6.54. The van der Waals surface area contributed by atoms with Gasteiger partial charge in [-0.1, -0.05) is 6.07 Å². The molecule has 0 fully saturated rings. The SMILES string of the molecule is Cc1cc(C)c(OC(=O)NO)cc1C. The summed E-state index contributed by atoms with van der Waals surface area (Å²) in [5, 5.41) is 8.29. The van der Waals surface area contributed by atoms with Gasteiger partial charge in [-0.15, -0.1) is 0 Å². The number of carbonyl (C=O) groups is 1. The highest BCUT2D eigenvalue weighted by Gasteiger charge is 2.07. The van der Waals surface area contributed by atoms with Gasteiger partial charge >= 0.3 is 6.09 Å². The Morgan fingerprint density at radius 2 is 1.79 bits per heavy atom. The summed E-state index contributed by atoms with van der Waals surface area (Å²) in [6.07, 6.45) is -0.878. The molecule has 0 saturated carbocycles. The van der Waals surface area contributed by atoms with Crippen molar-refractivity contribution < 1.29 is 14.7 Å². The zero-order valence-corrected chi connectivity index (χ0v) is 8.42. The average molecular weight is 195 g/mol. The molecule has 4 nitrogen and oxygen atoms in total. The fourth-order valence-corrected chi connectivity index (χ4v) is 1.17. The van der Waals surface area contributed by atoms with Crippen LogP contribution in [0.4, 0.5) is 4.79 Å². The highest BCUT2D eigenvalue weighted by molar-refractivity contribution is 5.69. The molecule has 4 heteroatoms. The fourth-order valence-electron chi connectivity index (χ4n) is 1.17. The van der Waals surface area contributed by atoms with Crippen molar-refractivity contribution >= 4 is 6.09 Å². The van der Waals surface area contributed by atoms with E-state index in [0.717, 1.165) is 16.7 Å². The van der Waals surface area contributed by atoms with E-state index in [1.165, 1.54) is 5.48 Å². The number of ether oxygens (including phenoxy) is 1. The van der Waals surface area contributed by atoms with Crippen LogP contribution in [0.1, 0.15) is 16.7 Å². The van der Waals surface area contributed by atoms with Gasteiger partial charge in [-0.05, 0) is 43.5 Å². The van der Waals surface area contributed by atoms with Crippen LogP contribution in [-0.4, -0.2) is 11.3 Å². The number of nitrogens with one attached hydrogen (secondary N) is 1. The smallest absolute Gasteiger partial charge is 0.409 e. The van der Waals surface area contributed by atoms with Gasteiger partial charge in [0.1, 0.15) is 5.75 Å². The highest BCUT2D eigenvalue weighted by Crippen LogP contribution is 2.22. The predicted octanol–water partition coefficient (Wildman–Crippen LogP) is 2.09. The van der Waals surface area contributed by atoms with Crippen LogP contribution in [0.3, 0.4) is 0 Å². The summed E-state index contributed by atoms with van der Waals surface area (Å²) in [7, 11) is 0. The van der Waals surface area contributed by atoms with E-state index in [0.29, 0.717) is 5.75 Å². The molecule has 0 aromatic heterocycles. The van der Waals surface area contributed by atoms with Crippen LogP contribution >= 0.6 is 0 Å². The molecule has 0 unspecified atom stereocenters. The number of carbonyl (C=O) groups excluding carboxylic acids is 1. The van der Waals surface area contributed by atoms with Crippen molar-refractivity contribution in [3.8, 4) is 5.75 Å². The molecule has 0 aliphatic rings. The van der Waals surface area contributed by atoms with Gasteiger partial charge < -0.3 is 4.74 Å². The number of amides is 1. The lowest BCUT2D eigenvalue weighted by Gasteiger charge is -2.09. The van der Waals surface area contributed by atoms with Crippen LogP contribution in [0.15, 0.2) is 12.1 Å². The molecule has 0 bridgehead atoms. The van der Waals surface area contributed by atoms with Crippen LogP contribution in [0, 0.1) is 20.8 Å². The monoisotopic (exact) mass is 195 g/mol. The Balaban J connectivity index is 2.98. The van der Waals surface area contributed by atoms with Crippen LogP contribution in [0.2, 0.25) is 0 Å². The Morgan fingerprint density at radius 1 is 1.21 bits per heavy atom. The summed E-state index contributed by atoms with van der Waals surface area (Å²) in [6, 6.07) is 3.69. The molecule has 2 N–H and O–H groups in total. The van der Waals surface area contributed by atoms with Crippen molar-refractivity contribution in [1.29, 1.82) is 0 Å². The standard InChI is InChI=1S/C10H13NO3/c1-6-4-8(3)9(5-7(6)2)14-10(12)11-13/h4-5,13H,1-3H3,(H,11,12). The van der Waals surface area contributed by atoms with Gasteiger partial charge in [-0.2, -0.15) is 0 Å². The molecule has 0 saturated heterocycles. The topological polar surface area (TPSA) is 58.6 Å². The van der Waals surface area contributed by atoms with Gasteiger partial charge in [0, 0.05) is 0 Å². The number of rotatable bonds is 1. The van der Waals surface area contributed by atoms with Crippen molar-refractivity contribution in [2.24, 2.45) is 0 Å². The van der Waals surface area contributed by atoms with Gasteiger partial charge in [0.05, 0.1) is 0 Å². The lowest BCUT2D eigenvalue weighted by atomic mass is 10.1. The Morgan fingerprint density at radius 3 is 2.36 bits per heavy atom. The third-order valence-electron chi connectivity index (χ3n) is 2.09. The van der Waals surface area contributed by atoms with Crippen molar-refractivity contribution in [1.82, 2.24) is 5.48 Å². The highest BCUT2D eigenvalue weighted by atomic mass is 16.6. The summed E-state index contributed by atoms with van der Waals surface area (Å²) in [6.45, 7) is 5.75. The lowest BCUT2D eigenvalue weighted by molar-refractivity contribution is 0.127. The zero-order valence-electron chi connectivity index (χ0n) is 8.42. The minimum atomic E-state index is -0.878. The van der Waals surface area contributed by atoms with Crippen LogP contribution < -0.4 is 10.2 Å². The van der Waals surface area contributed by atoms with E-state index < -0.39 is 6.09 Å². The largest absolute Gasteiger partial charge is 0.436 e. The summed E-state index contributed by atoms with van der Waals surface area (Å²) in [5.41, 5.74) is 4.45. The van der Waals surface area contributed by atoms with Crippen molar-refractivity contribution in [3.05, 3.63) is 28.8 Å². The average Bonchev–Trinajstić information content (AvgIpc) is 2.14. The van der Waals surface area contributed by atoms with E-state index in [9.17, 15) is 4.79 Å². The Bertz CT molecular complexity index is 361. The minimum Gasteiger partial charge on any atom is -0.409 e. The van der Waals surface area contributed by atoms with Crippen LogP contribution in [-0.2, 0) is 0 Å². The molecule has 1 amide bonds. The zero-order chi connectivity index (χ0) is 10.7. The van der Waals surface area contributed by atoms with E-state index >= 15 is 0 Å². The fraction of sp³-hybridized carbons (Fsp3) is 0.300. The van der Waals surface area contributed by atoms with Crippen molar-refractivity contribution in [2.75, 3.05) is 0 Å². The molecule has 0 aliphatic carbocycles. The van der Waals surface area contributed by atoms with Crippen molar-refractivity contribution in [2.45, 2.75) is 20.8 Å². The minimum absolute atomic E-state index is 0.458. The molecule has 14 heavy (non-hydrogen) atoms. The van der Waals surface area contributed by atoms with E-state index in [1.54, 1.807) is 6.07 Å². The second kappa shape index (κ2) is 4.11. The maximum atomic E-state index is 10.7. The molecule has 76 valence electrons. The Kier molecular flexibility index (Phi) is 3.09. The molecule has 1 rings (SSSR count). The molecular weight excluding hydrogens is 182 g/mol. The number of aryl methyl sites for hydroxylation is 3. The molecule has 1 aromatic rings. The number of benzene rings is 1. The second-order valence-electron chi connectivity index (χ2n) is 3.20. The first-order valence-electron chi connectivity index (χ1n) is 4.24. The van der Waals surface area contributed by atoms with Gasteiger partial charge in [0.25, 0.3) is 0 Å². The Labute approximate surface area is 82.5 Å². The van der Waals surface area contributed by atoms with E-state index in [1.807, 2.05) is 26.8 Å². The Hall–Kier alpha value is -1.55. The van der Waals surface area contributed by atoms with E-state index in [4.69, 9.17) is 9.94 Å². The number of hydroxylamine groups is 1. The van der Waals surface area contributed by atoms with E-state index in [-0.39, 0.29) is 0 Å². The third kappa shape index (κ3) is 2.23. The maximum absolute atomic E-state index is 10.7. The van der Waals surface area contributed by atoms with Crippen LogP contribution in [0.25, 0.3) is 0 Å². The third-order valence-corrected chi connectivity index (χ3v) is 2.09. The van der Waals surface area contributed by atoms with Crippen molar-refractivity contribution in [3.63, 3.8) is 0 Å². The normalized spacial score (nSPS) is 9.71. The summed E-state index contributed by atoms with van der Waals surface area (Å²) in [4.78, 5) is 10.7. The quantitative estimate of drug-likeness (QED) is 0.533. The molecule has 0 aliphatic heterocycles. The predicted molar refractivity (Wildman–Crippen MR) is 51.6 cm³/mol. The summed E-state index contributed by atoms with van der Waals surface area (Å²) in [5.74, 6) is 0.458. The first kappa shape index (κ1) is 10.5. The van der Waals surface area contributed by atoms with Gasteiger partial charge in [-0.25, -0.2) is 10.3 Å². The van der Waals surface area contributed by atoms with Gasteiger partial charge in [0.15, 0.2) is 0 Å². The van der Waals surface area contributed by atoms with Gasteiger partial charge in [0.2, 0.25) is 0 Å². The van der Waals surface area contributed by atoms with E-state index in [2.05, 4.69) is 0 Å². The molecule has 0 atom stereocenters. The molecule has 0 radical (unpaired) electrons. The maximum Gasteiger partial charge on any atom is 0.436 e. The van der Waals surface area contributed by atoms with Gasteiger partial charge in [-0.3, -0.25) is 5.21 Å². The molecular formula is C10H13NO3. The number of hydrogen-bond acceptors (Lipinski definition) is 3. The molecule has 0 heterocycles. The number of hydrogen-bond donors (Lipinski definition) is 2. The molecule has 1 aromatic carbocycles. The lowest BCUT2D eigenvalue weighted by Crippen LogP contribution is -2.23. The first-order valence-corrected chi connectivity index (χ1v) is 4.24. The summed E-state index contributed by atoms with van der Waals surface area (Å²) < 4.78 is 4.83. The van der Waals surface area contributed by atoms with Crippen LogP contribution in [0.5, 0.6) is 5.75 Å². The molecule has 0 spiro atoms. The second-order valence-corrected chi connectivity index (χ2v) is 3.20. The summed E-state index contributed by atoms with van der Waals surface area (Å²) >= 11 is 0.